The van der Waals surface area contributed by atoms with Gasteiger partial charge in [-0.3, -0.25) is 4.90 Å². The third-order valence-corrected chi connectivity index (χ3v) is 5.29. The molecule has 3 rings (SSSR count). The Bertz CT molecular complexity index is 625. The topological polar surface area (TPSA) is 64.3 Å². The van der Waals surface area contributed by atoms with Gasteiger partial charge in [0.05, 0.1) is 18.7 Å². The van der Waals surface area contributed by atoms with E-state index in [1.165, 1.54) is 4.88 Å². The van der Waals surface area contributed by atoms with Crippen molar-refractivity contribution in [2.75, 3.05) is 13.7 Å². The van der Waals surface area contributed by atoms with E-state index in [0.717, 1.165) is 24.5 Å². The van der Waals surface area contributed by atoms with Gasteiger partial charge in [0.1, 0.15) is 5.01 Å². The molecule has 1 fully saturated rings. The van der Waals surface area contributed by atoms with E-state index in [4.69, 9.17) is 9.26 Å². The SMILES string of the molecule is CO[C@@H]1C[C@H](c2nc(C)no2)N(Cc2ncc(C(C)C)s2)C1. The van der Waals surface area contributed by atoms with Gasteiger partial charge in [-0.05, 0) is 19.3 Å². The zero-order chi connectivity index (χ0) is 15.7. The summed E-state index contributed by atoms with van der Waals surface area (Å²) in [6.07, 6.45) is 3.06. The van der Waals surface area contributed by atoms with Gasteiger partial charge in [0.15, 0.2) is 5.82 Å². The maximum atomic E-state index is 5.53. The molecule has 2 atom stereocenters. The number of nitrogens with zero attached hydrogens (tertiary/aromatic N) is 4. The number of hydrogen-bond donors (Lipinski definition) is 0. The number of aromatic nitrogens is 3. The number of thiazole rings is 1. The van der Waals surface area contributed by atoms with Gasteiger partial charge in [-0.2, -0.15) is 4.98 Å². The lowest BCUT2D eigenvalue weighted by Gasteiger charge is -2.19. The first-order chi connectivity index (χ1) is 10.6. The Hall–Kier alpha value is -1.31. The zero-order valence-corrected chi connectivity index (χ0v) is 14.3. The fraction of sp³-hybridized carbons (Fsp3) is 0.667. The van der Waals surface area contributed by atoms with Gasteiger partial charge in [-0.1, -0.05) is 19.0 Å². The number of aryl methyl sites for hydroxylation is 1. The van der Waals surface area contributed by atoms with Crippen molar-refractivity contribution in [3.8, 4) is 0 Å². The van der Waals surface area contributed by atoms with Crippen molar-refractivity contribution < 1.29 is 9.26 Å². The first-order valence-corrected chi connectivity index (χ1v) is 8.40. The van der Waals surface area contributed by atoms with Crippen molar-refractivity contribution in [2.45, 2.75) is 51.8 Å². The summed E-state index contributed by atoms with van der Waals surface area (Å²) in [6, 6.07) is 0.109. The molecule has 120 valence electrons. The normalized spacial score (nSPS) is 22.8. The Morgan fingerprint density at radius 1 is 1.50 bits per heavy atom. The lowest BCUT2D eigenvalue weighted by atomic mass is 10.2. The molecule has 0 radical (unpaired) electrons. The van der Waals surface area contributed by atoms with Gasteiger partial charge >= 0.3 is 0 Å². The Morgan fingerprint density at radius 2 is 2.32 bits per heavy atom. The summed E-state index contributed by atoms with van der Waals surface area (Å²) in [5, 5.41) is 5.04. The average Bonchev–Trinajstić information content (AvgIpc) is 3.18. The minimum atomic E-state index is 0.109. The third-order valence-electron chi connectivity index (χ3n) is 4.01. The van der Waals surface area contributed by atoms with Crippen molar-refractivity contribution in [3.63, 3.8) is 0 Å². The van der Waals surface area contributed by atoms with E-state index in [2.05, 4.69) is 33.9 Å². The first-order valence-electron chi connectivity index (χ1n) is 7.58. The van der Waals surface area contributed by atoms with Gasteiger partial charge in [0.2, 0.25) is 5.89 Å². The van der Waals surface area contributed by atoms with E-state index in [1.807, 2.05) is 13.1 Å². The zero-order valence-electron chi connectivity index (χ0n) is 13.4. The van der Waals surface area contributed by atoms with E-state index in [0.29, 0.717) is 17.6 Å². The minimum absolute atomic E-state index is 0.109. The highest BCUT2D eigenvalue weighted by molar-refractivity contribution is 7.11. The second kappa shape index (κ2) is 6.44. The number of likely N-dealkylation sites (tertiary alicyclic amines) is 1. The highest BCUT2D eigenvalue weighted by atomic mass is 32.1. The van der Waals surface area contributed by atoms with Crippen LogP contribution in [0.1, 0.15) is 53.8 Å². The summed E-state index contributed by atoms with van der Waals surface area (Å²) in [5.74, 6) is 1.87. The molecule has 0 saturated carbocycles. The molecule has 0 aliphatic carbocycles. The van der Waals surface area contributed by atoms with Crippen LogP contribution in [0.5, 0.6) is 0 Å². The summed E-state index contributed by atoms with van der Waals surface area (Å²) < 4.78 is 10.9. The van der Waals surface area contributed by atoms with Crippen molar-refractivity contribution in [1.29, 1.82) is 0 Å². The van der Waals surface area contributed by atoms with Crippen LogP contribution >= 0.6 is 11.3 Å². The van der Waals surface area contributed by atoms with Crippen LogP contribution in [0.15, 0.2) is 10.7 Å². The molecule has 2 aromatic heterocycles. The molecule has 3 heterocycles. The van der Waals surface area contributed by atoms with Crippen molar-refractivity contribution >= 4 is 11.3 Å². The van der Waals surface area contributed by atoms with E-state index >= 15 is 0 Å². The van der Waals surface area contributed by atoms with E-state index in [-0.39, 0.29) is 12.1 Å². The molecule has 0 spiro atoms. The minimum Gasteiger partial charge on any atom is -0.380 e. The Kier molecular flexibility index (Phi) is 4.56. The Labute approximate surface area is 134 Å². The molecule has 1 saturated heterocycles. The van der Waals surface area contributed by atoms with Crippen LogP contribution in [0.4, 0.5) is 0 Å². The first kappa shape index (κ1) is 15.6. The van der Waals surface area contributed by atoms with Crippen molar-refractivity contribution in [3.05, 3.63) is 27.8 Å². The quantitative estimate of drug-likeness (QED) is 0.843. The third kappa shape index (κ3) is 3.21. The molecule has 0 bridgehead atoms. The monoisotopic (exact) mass is 322 g/mol. The fourth-order valence-electron chi connectivity index (χ4n) is 2.75. The molecule has 0 aromatic carbocycles. The molecule has 1 aliphatic heterocycles. The lowest BCUT2D eigenvalue weighted by molar-refractivity contribution is 0.107. The van der Waals surface area contributed by atoms with E-state index < -0.39 is 0 Å². The smallest absolute Gasteiger partial charge is 0.244 e. The van der Waals surface area contributed by atoms with Crippen LogP contribution in [-0.2, 0) is 11.3 Å². The molecule has 22 heavy (non-hydrogen) atoms. The Morgan fingerprint density at radius 3 is 2.91 bits per heavy atom. The number of ether oxygens (including phenoxy) is 1. The molecule has 0 N–H and O–H groups in total. The molecular formula is C15H22N4O2S. The largest absolute Gasteiger partial charge is 0.380 e. The maximum Gasteiger partial charge on any atom is 0.244 e. The van der Waals surface area contributed by atoms with Crippen LogP contribution in [0.2, 0.25) is 0 Å². The van der Waals surface area contributed by atoms with Crippen LogP contribution in [0.3, 0.4) is 0 Å². The summed E-state index contributed by atoms with van der Waals surface area (Å²) >= 11 is 1.78. The van der Waals surface area contributed by atoms with Gasteiger partial charge in [0.25, 0.3) is 0 Å². The second-order valence-corrected chi connectivity index (χ2v) is 7.18. The second-order valence-electron chi connectivity index (χ2n) is 6.03. The molecule has 0 unspecified atom stereocenters. The lowest BCUT2D eigenvalue weighted by Crippen LogP contribution is -2.24. The average molecular weight is 322 g/mol. The van der Waals surface area contributed by atoms with Crippen molar-refractivity contribution in [2.24, 2.45) is 0 Å². The van der Waals surface area contributed by atoms with Crippen LogP contribution in [-0.4, -0.2) is 39.8 Å². The predicted octanol–water partition coefficient (Wildman–Crippen LogP) is 2.92. The van der Waals surface area contributed by atoms with Crippen LogP contribution in [0, 0.1) is 6.92 Å². The molecule has 7 heteroatoms. The number of rotatable bonds is 5. The molecule has 1 aliphatic rings. The van der Waals surface area contributed by atoms with E-state index in [9.17, 15) is 0 Å². The summed E-state index contributed by atoms with van der Waals surface area (Å²) in [7, 11) is 1.75. The molecule has 2 aromatic rings. The number of methoxy groups -OCH3 is 1. The number of hydrogen-bond acceptors (Lipinski definition) is 7. The highest BCUT2D eigenvalue weighted by Crippen LogP contribution is 2.34. The summed E-state index contributed by atoms with van der Waals surface area (Å²) in [6.45, 7) is 7.88. The van der Waals surface area contributed by atoms with Gasteiger partial charge in [0, 0.05) is 24.7 Å². The highest BCUT2D eigenvalue weighted by Gasteiger charge is 2.37. The standard InChI is InChI=1S/C15H22N4O2S/c1-9(2)13-6-16-14(22-13)8-19-7-11(20-4)5-12(19)15-17-10(3)18-21-15/h6,9,11-12H,5,7-8H2,1-4H3/t11-,12-/m1/s1. The van der Waals surface area contributed by atoms with E-state index in [1.54, 1.807) is 18.4 Å². The Balaban J connectivity index is 1.76. The van der Waals surface area contributed by atoms with Gasteiger partial charge in [-0.15, -0.1) is 11.3 Å². The fourth-order valence-corrected chi connectivity index (χ4v) is 3.70. The predicted molar refractivity (Wildman–Crippen MR) is 83.8 cm³/mol. The molecule has 6 nitrogen and oxygen atoms in total. The van der Waals surface area contributed by atoms with Crippen LogP contribution in [0.25, 0.3) is 0 Å². The maximum absolute atomic E-state index is 5.53. The van der Waals surface area contributed by atoms with Gasteiger partial charge in [-0.25, -0.2) is 4.98 Å². The summed E-state index contributed by atoms with van der Waals surface area (Å²) in [5.41, 5.74) is 0. The molecule has 0 amide bonds. The van der Waals surface area contributed by atoms with Crippen molar-refractivity contribution in [1.82, 2.24) is 20.0 Å². The summed E-state index contributed by atoms with van der Waals surface area (Å²) in [4.78, 5) is 12.6. The van der Waals surface area contributed by atoms with Crippen LogP contribution < -0.4 is 0 Å². The van der Waals surface area contributed by atoms with Gasteiger partial charge < -0.3 is 9.26 Å². The molecular weight excluding hydrogens is 300 g/mol.